The summed E-state index contributed by atoms with van der Waals surface area (Å²) < 4.78 is 5.30. The molecule has 0 saturated carbocycles. The second-order valence-electron chi connectivity index (χ2n) is 6.90. The summed E-state index contributed by atoms with van der Waals surface area (Å²) in [5.74, 6) is 0.514. The van der Waals surface area contributed by atoms with Gasteiger partial charge in [-0.1, -0.05) is 41.1 Å². The molecule has 4 aromatic rings. The van der Waals surface area contributed by atoms with Crippen LogP contribution in [0.25, 0.3) is 23.0 Å². The number of nitro groups is 1. The van der Waals surface area contributed by atoms with Crippen molar-refractivity contribution in [3.63, 3.8) is 0 Å². The van der Waals surface area contributed by atoms with E-state index in [2.05, 4.69) is 20.4 Å². The van der Waals surface area contributed by atoms with Gasteiger partial charge in [-0.2, -0.15) is 4.98 Å². The molecule has 8 heteroatoms. The van der Waals surface area contributed by atoms with Crippen LogP contribution in [0.3, 0.4) is 0 Å². The number of aryl methyl sites for hydroxylation is 1. The number of pyridine rings is 1. The zero-order chi connectivity index (χ0) is 21.1. The molecule has 2 heterocycles. The van der Waals surface area contributed by atoms with E-state index in [0.717, 1.165) is 11.1 Å². The maximum Gasteiger partial charge on any atom is 0.293 e. The molecule has 0 aliphatic heterocycles. The lowest BCUT2D eigenvalue weighted by molar-refractivity contribution is -0.383. The molecule has 30 heavy (non-hydrogen) atoms. The molecule has 1 N–H and O–H groups in total. The van der Waals surface area contributed by atoms with E-state index >= 15 is 0 Å². The van der Waals surface area contributed by atoms with Crippen molar-refractivity contribution in [2.24, 2.45) is 0 Å². The van der Waals surface area contributed by atoms with Crippen molar-refractivity contribution in [1.82, 2.24) is 15.1 Å². The van der Waals surface area contributed by atoms with Crippen molar-refractivity contribution in [3.8, 4) is 23.0 Å². The topological polar surface area (TPSA) is 107 Å². The lowest BCUT2D eigenvalue weighted by atomic mass is 10.1. The highest BCUT2D eigenvalue weighted by molar-refractivity contribution is 5.70. The highest BCUT2D eigenvalue weighted by Gasteiger charge is 2.20. The second kappa shape index (κ2) is 8.12. The lowest BCUT2D eigenvalue weighted by Gasteiger charge is -2.16. The Labute approximate surface area is 172 Å². The summed E-state index contributed by atoms with van der Waals surface area (Å²) in [7, 11) is 0. The number of aromatic nitrogens is 3. The van der Waals surface area contributed by atoms with Crippen LogP contribution in [0.5, 0.6) is 0 Å². The van der Waals surface area contributed by atoms with Gasteiger partial charge in [0.05, 0.1) is 4.92 Å². The molecule has 0 spiro atoms. The summed E-state index contributed by atoms with van der Waals surface area (Å²) in [5, 5.41) is 18.8. The average Bonchev–Trinajstić information content (AvgIpc) is 3.25. The number of benzene rings is 2. The SMILES string of the molecule is Cc1ccc([C@@H](C)Nc2ccc(-c3nc(-c4ccccn4)no3)cc2[N+](=O)[O-])cc1. The smallest absolute Gasteiger partial charge is 0.293 e. The summed E-state index contributed by atoms with van der Waals surface area (Å²) in [5.41, 5.74) is 3.57. The normalized spacial score (nSPS) is 11.8. The number of anilines is 1. The van der Waals surface area contributed by atoms with Gasteiger partial charge in [0.2, 0.25) is 5.82 Å². The Morgan fingerprint density at radius 1 is 1.10 bits per heavy atom. The van der Waals surface area contributed by atoms with Crippen molar-refractivity contribution in [2.45, 2.75) is 19.9 Å². The predicted molar refractivity (Wildman–Crippen MR) is 113 cm³/mol. The van der Waals surface area contributed by atoms with Crippen LogP contribution in [0.4, 0.5) is 11.4 Å². The Kier molecular flexibility index (Phi) is 5.21. The lowest BCUT2D eigenvalue weighted by Crippen LogP contribution is -2.08. The van der Waals surface area contributed by atoms with Crippen LogP contribution in [0, 0.1) is 17.0 Å². The first-order chi connectivity index (χ1) is 14.5. The van der Waals surface area contributed by atoms with Crippen LogP contribution in [0.2, 0.25) is 0 Å². The Balaban J connectivity index is 1.62. The summed E-state index contributed by atoms with van der Waals surface area (Å²) >= 11 is 0. The first kappa shape index (κ1) is 19.3. The Morgan fingerprint density at radius 2 is 1.90 bits per heavy atom. The number of rotatable bonds is 6. The highest BCUT2D eigenvalue weighted by Crippen LogP contribution is 2.33. The second-order valence-corrected chi connectivity index (χ2v) is 6.90. The Hall–Kier alpha value is -4.07. The van der Waals surface area contributed by atoms with E-state index in [4.69, 9.17) is 4.52 Å². The van der Waals surface area contributed by atoms with Crippen LogP contribution < -0.4 is 5.32 Å². The third-order valence-corrected chi connectivity index (χ3v) is 4.71. The fraction of sp³-hybridized carbons (Fsp3) is 0.136. The molecule has 0 bridgehead atoms. The largest absolute Gasteiger partial charge is 0.373 e. The van der Waals surface area contributed by atoms with Gasteiger partial charge < -0.3 is 9.84 Å². The monoisotopic (exact) mass is 401 g/mol. The van der Waals surface area contributed by atoms with E-state index in [0.29, 0.717) is 22.8 Å². The van der Waals surface area contributed by atoms with Crippen LogP contribution >= 0.6 is 0 Å². The third-order valence-electron chi connectivity index (χ3n) is 4.71. The zero-order valence-electron chi connectivity index (χ0n) is 16.4. The van der Waals surface area contributed by atoms with Crippen molar-refractivity contribution in [2.75, 3.05) is 5.32 Å². The minimum absolute atomic E-state index is 0.0657. The zero-order valence-corrected chi connectivity index (χ0v) is 16.4. The number of nitrogens with one attached hydrogen (secondary N) is 1. The van der Waals surface area contributed by atoms with Gasteiger partial charge in [0.25, 0.3) is 11.6 Å². The molecule has 0 saturated heterocycles. The van der Waals surface area contributed by atoms with E-state index in [1.54, 1.807) is 30.5 Å². The van der Waals surface area contributed by atoms with Crippen molar-refractivity contribution < 1.29 is 9.45 Å². The van der Waals surface area contributed by atoms with Crippen molar-refractivity contribution >= 4 is 11.4 Å². The average molecular weight is 401 g/mol. The fourth-order valence-electron chi connectivity index (χ4n) is 3.05. The maximum atomic E-state index is 11.7. The van der Waals surface area contributed by atoms with E-state index in [-0.39, 0.29) is 17.6 Å². The van der Waals surface area contributed by atoms with Gasteiger partial charge in [0.15, 0.2) is 0 Å². The van der Waals surface area contributed by atoms with Crippen molar-refractivity contribution in [3.05, 3.63) is 88.1 Å². The molecular formula is C22H19N5O3. The van der Waals surface area contributed by atoms with Crippen molar-refractivity contribution in [1.29, 1.82) is 0 Å². The molecule has 4 rings (SSSR count). The van der Waals surface area contributed by atoms with Crippen LogP contribution in [-0.4, -0.2) is 20.0 Å². The minimum Gasteiger partial charge on any atom is -0.373 e. The molecule has 0 unspecified atom stereocenters. The fourth-order valence-corrected chi connectivity index (χ4v) is 3.05. The number of hydrogen-bond donors (Lipinski definition) is 1. The quantitative estimate of drug-likeness (QED) is 0.350. The molecule has 1 atom stereocenters. The number of hydrogen-bond acceptors (Lipinski definition) is 7. The van der Waals surface area contributed by atoms with Crippen LogP contribution in [-0.2, 0) is 0 Å². The molecule has 8 nitrogen and oxygen atoms in total. The molecule has 0 fully saturated rings. The van der Waals surface area contributed by atoms with E-state index in [9.17, 15) is 10.1 Å². The summed E-state index contributed by atoms with van der Waals surface area (Å²) in [6.45, 7) is 3.97. The first-order valence-electron chi connectivity index (χ1n) is 9.38. The molecule has 0 aliphatic carbocycles. The number of nitro benzene ring substituents is 1. The van der Waals surface area contributed by atoms with Gasteiger partial charge in [-0.3, -0.25) is 15.1 Å². The molecule has 0 aliphatic rings. The van der Waals surface area contributed by atoms with Gasteiger partial charge in [0, 0.05) is 23.9 Å². The minimum atomic E-state index is -0.427. The van der Waals surface area contributed by atoms with E-state index in [1.165, 1.54) is 6.07 Å². The maximum absolute atomic E-state index is 11.7. The standard InChI is InChI=1S/C22H19N5O3/c1-14-6-8-16(9-7-14)15(2)24-18-11-10-17(13-20(18)27(28)29)22-25-21(26-30-22)19-5-3-4-12-23-19/h3-13,15,24H,1-2H3/t15-/m1/s1. The summed E-state index contributed by atoms with van der Waals surface area (Å²) in [6.07, 6.45) is 1.63. The molecule has 0 amide bonds. The van der Waals surface area contributed by atoms with Gasteiger partial charge in [-0.25, -0.2) is 0 Å². The number of nitrogens with zero attached hydrogens (tertiary/aromatic N) is 4. The molecular weight excluding hydrogens is 382 g/mol. The van der Waals surface area contributed by atoms with Gasteiger partial charge in [-0.05, 0) is 43.7 Å². The molecule has 2 aromatic carbocycles. The van der Waals surface area contributed by atoms with Gasteiger partial charge in [-0.15, -0.1) is 0 Å². The van der Waals surface area contributed by atoms with E-state index in [1.807, 2.05) is 44.2 Å². The Morgan fingerprint density at radius 3 is 2.60 bits per heavy atom. The Bertz CT molecular complexity index is 1170. The van der Waals surface area contributed by atoms with Crippen LogP contribution in [0.15, 0.2) is 71.4 Å². The highest BCUT2D eigenvalue weighted by atomic mass is 16.6. The third kappa shape index (κ3) is 4.02. The molecule has 150 valence electrons. The van der Waals surface area contributed by atoms with Crippen LogP contribution in [0.1, 0.15) is 24.1 Å². The predicted octanol–water partition coefficient (Wildman–Crippen LogP) is 5.19. The molecule has 0 radical (unpaired) electrons. The summed E-state index contributed by atoms with van der Waals surface area (Å²) in [4.78, 5) is 19.8. The van der Waals surface area contributed by atoms with Gasteiger partial charge >= 0.3 is 0 Å². The molecule has 2 aromatic heterocycles. The first-order valence-corrected chi connectivity index (χ1v) is 9.38. The van der Waals surface area contributed by atoms with Gasteiger partial charge in [0.1, 0.15) is 11.4 Å². The summed E-state index contributed by atoms with van der Waals surface area (Å²) in [6, 6.07) is 18.1. The van der Waals surface area contributed by atoms with E-state index < -0.39 is 4.92 Å².